The van der Waals surface area contributed by atoms with Crippen molar-refractivity contribution in [2.75, 3.05) is 0 Å². The Labute approximate surface area is 293 Å². The SMILES string of the molecule is C=C1CC[C@H](O[Si](C)(C)C(C)(C)C)C/C1=C/C=C1\CC(O[Si](C)(C)C(C)(C)C)C[C@]2(C)C(C(C)SC(=O)Oc3ccccc3)=CC[C@@H]12. The molecule has 1 aromatic carbocycles. The number of ether oxygens (including phenoxy) is 1. The number of para-hydroxylation sites is 1. The predicted molar refractivity (Wildman–Crippen MR) is 206 cm³/mol. The molecule has 0 N–H and O–H groups in total. The van der Waals surface area contributed by atoms with Crippen molar-refractivity contribution in [2.24, 2.45) is 11.3 Å². The smallest absolute Gasteiger partial charge is 0.373 e. The molecule has 2 unspecified atom stereocenters. The van der Waals surface area contributed by atoms with E-state index in [1.165, 1.54) is 34.1 Å². The second kappa shape index (κ2) is 14.3. The summed E-state index contributed by atoms with van der Waals surface area (Å²) in [6, 6.07) is 9.36. The number of rotatable bonds is 8. The van der Waals surface area contributed by atoms with E-state index in [1.54, 1.807) is 0 Å². The molecule has 7 heteroatoms. The first kappa shape index (κ1) is 38.2. The molecule has 5 atom stereocenters. The van der Waals surface area contributed by atoms with Crippen molar-refractivity contribution < 1.29 is 18.4 Å². The number of allylic oxidation sites excluding steroid dienone is 4. The highest BCUT2D eigenvalue weighted by atomic mass is 32.2. The number of thioether (sulfide) groups is 1. The minimum Gasteiger partial charge on any atom is -0.418 e. The van der Waals surface area contributed by atoms with E-state index in [2.05, 4.69) is 106 Å². The van der Waals surface area contributed by atoms with Crippen molar-refractivity contribution in [3.63, 3.8) is 0 Å². The quantitative estimate of drug-likeness (QED) is 0.154. The van der Waals surface area contributed by atoms with Crippen molar-refractivity contribution in [3.05, 3.63) is 77.4 Å². The van der Waals surface area contributed by atoms with Crippen LogP contribution in [0.4, 0.5) is 4.79 Å². The first-order valence-electron chi connectivity index (χ1n) is 17.7. The Balaban J connectivity index is 1.60. The Kier molecular flexibility index (Phi) is 11.6. The van der Waals surface area contributed by atoms with Crippen LogP contribution in [-0.4, -0.2) is 39.4 Å². The fourth-order valence-electron chi connectivity index (χ4n) is 7.09. The number of benzene rings is 1. The lowest BCUT2D eigenvalue weighted by Crippen LogP contribution is -2.48. The van der Waals surface area contributed by atoms with Crippen LogP contribution >= 0.6 is 11.8 Å². The summed E-state index contributed by atoms with van der Waals surface area (Å²) in [6.45, 7) is 32.4. The second-order valence-corrected chi connectivity index (χ2v) is 28.3. The summed E-state index contributed by atoms with van der Waals surface area (Å²) in [5.74, 6) is 0.972. The van der Waals surface area contributed by atoms with E-state index in [1.807, 2.05) is 30.3 Å². The minimum atomic E-state index is -2.00. The zero-order chi connectivity index (χ0) is 35.0. The van der Waals surface area contributed by atoms with Gasteiger partial charge in [-0.25, -0.2) is 4.79 Å². The van der Waals surface area contributed by atoms with Gasteiger partial charge in [0.25, 0.3) is 0 Å². The molecule has 2 saturated carbocycles. The van der Waals surface area contributed by atoms with E-state index in [0.29, 0.717) is 11.7 Å². The average Bonchev–Trinajstić information content (AvgIpc) is 3.29. The van der Waals surface area contributed by atoms with Gasteiger partial charge in [-0.1, -0.05) is 108 Å². The largest absolute Gasteiger partial charge is 0.418 e. The van der Waals surface area contributed by atoms with Gasteiger partial charge in [0.2, 0.25) is 0 Å². The first-order chi connectivity index (χ1) is 21.6. The van der Waals surface area contributed by atoms with E-state index >= 15 is 0 Å². The molecule has 0 heterocycles. The van der Waals surface area contributed by atoms with Crippen LogP contribution < -0.4 is 4.74 Å². The lowest BCUT2D eigenvalue weighted by Gasteiger charge is -2.48. The van der Waals surface area contributed by atoms with Crippen molar-refractivity contribution in [1.82, 2.24) is 0 Å². The van der Waals surface area contributed by atoms with Gasteiger partial charge in [-0.2, -0.15) is 0 Å². The van der Waals surface area contributed by atoms with Gasteiger partial charge in [-0.3, -0.25) is 0 Å². The average molecular weight is 695 g/mol. The summed E-state index contributed by atoms with van der Waals surface area (Å²) >= 11 is 1.29. The number of carbonyl (C=O) groups is 1. The maximum absolute atomic E-state index is 13.0. The summed E-state index contributed by atoms with van der Waals surface area (Å²) in [5, 5.41) is 0.0832. The molecule has 47 heavy (non-hydrogen) atoms. The molecule has 260 valence electrons. The Morgan fingerprint density at radius 2 is 1.55 bits per heavy atom. The maximum Gasteiger partial charge on any atom is 0.373 e. The van der Waals surface area contributed by atoms with Crippen molar-refractivity contribution in [1.29, 1.82) is 0 Å². The first-order valence-corrected chi connectivity index (χ1v) is 24.4. The summed E-state index contributed by atoms with van der Waals surface area (Å²) in [6.07, 6.45) is 13.5. The lowest BCUT2D eigenvalue weighted by molar-refractivity contribution is 0.0803. The number of hydrogen-bond donors (Lipinski definition) is 0. The van der Waals surface area contributed by atoms with Gasteiger partial charge in [0.1, 0.15) is 5.75 Å². The normalized spacial score (nSPS) is 28.3. The highest BCUT2D eigenvalue weighted by molar-refractivity contribution is 8.14. The summed E-state index contributed by atoms with van der Waals surface area (Å²) in [4.78, 5) is 13.0. The van der Waals surface area contributed by atoms with E-state index in [9.17, 15) is 4.79 Å². The zero-order valence-electron chi connectivity index (χ0n) is 31.4. The Bertz CT molecular complexity index is 1400. The van der Waals surface area contributed by atoms with E-state index in [-0.39, 0.29) is 38.3 Å². The van der Waals surface area contributed by atoms with Crippen LogP contribution in [0.25, 0.3) is 0 Å². The third kappa shape index (κ3) is 8.94. The lowest BCUT2D eigenvalue weighted by atomic mass is 9.63. The van der Waals surface area contributed by atoms with Crippen molar-refractivity contribution >= 4 is 33.7 Å². The third-order valence-electron chi connectivity index (χ3n) is 11.9. The van der Waals surface area contributed by atoms with Gasteiger partial charge in [0.15, 0.2) is 16.6 Å². The van der Waals surface area contributed by atoms with Gasteiger partial charge in [0.05, 0.1) is 0 Å². The molecule has 0 saturated heterocycles. The summed E-state index contributed by atoms with van der Waals surface area (Å²) < 4.78 is 19.7. The molecule has 4 nitrogen and oxygen atoms in total. The van der Waals surface area contributed by atoms with Crippen LogP contribution in [0.3, 0.4) is 0 Å². The zero-order valence-corrected chi connectivity index (χ0v) is 34.2. The fraction of sp³-hybridized carbons (Fsp3) is 0.625. The van der Waals surface area contributed by atoms with E-state index in [4.69, 9.17) is 13.6 Å². The number of hydrogen-bond acceptors (Lipinski definition) is 5. The van der Waals surface area contributed by atoms with E-state index in [0.717, 1.165) is 38.5 Å². The molecular weight excluding hydrogens is 633 g/mol. The summed E-state index contributed by atoms with van der Waals surface area (Å²) in [5.41, 5.74) is 5.30. The highest BCUT2D eigenvalue weighted by Gasteiger charge is 2.51. The molecule has 0 amide bonds. The van der Waals surface area contributed by atoms with Crippen LogP contribution in [0, 0.1) is 11.3 Å². The molecule has 4 rings (SSSR count). The molecule has 0 radical (unpaired) electrons. The van der Waals surface area contributed by atoms with Crippen LogP contribution in [0.5, 0.6) is 5.75 Å². The molecule has 2 fully saturated rings. The van der Waals surface area contributed by atoms with Crippen LogP contribution in [-0.2, 0) is 8.85 Å². The monoisotopic (exact) mass is 694 g/mol. The maximum atomic E-state index is 13.0. The molecule has 3 aliphatic carbocycles. The molecular formula is C40H62O4SSi2. The van der Waals surface area contributed by atoms with Crippen molar-refractivity contribution in [3.8, 4) is 5.75 Å². The molecule has 0 aliphatic heterocycles. The van der Waals surface area contributed by atoms with Crippen LogP contribution in [0.15, 0.2) is 77.4 Å². The molecule has 0 spiro atoms. The highest BCUT2D eigenvalue weighted by Crippen LogP contribution is 2.58. The second-order valence-electron chi connectivity index (χ2n) is 17.5. The topological polar surface area (TPSA) is 44.8 Å². The third-order valence-corrected chi connectivity index (χ3v) is 21.9. The van der Waals surface area contributed by atoms with Crippen LogP contribution in [0.1, 0.15) is 93.9 Å². The fourth-order valence-corrected chi connectivity index (χ4v) is 10.8. The van der Waals surface area contributed by atoms with Gasteiger partial charge in [-0.05, 0) is 123 Å². The summed E-state index contributed by atoms with van der Waals surface area (Å²) in [7, 11) is -3.85. The molecule has 3 aliphatic rings. The van der Waals surface area contributed by atoms with Crippen LogP contribution in [0.2, 0.25) is 36.3 Å². The van der Waals surface area contributed by atoms with Gasteiger partial charge in [-0.15, -0.1) is 0 Å². The number of carbonyl (C=O) groups excluding carboxylic acids is 1. The minimum absolute atomic E-state index is 0.0128. The Hall–Kier alpha value is -1.65. The van der Waals surface area contributed by atoms with Gasteiger partial charge < -0.3 is 13.6 Å². The van der Waals surface area contributed by atoms with Crippen molar-refractivity contribution in [2.45, 2.75) is 148 Å². The predicted octanol–water partition coefficient (Wildman–Crippen LogP) is 12.4. The molecule has 0 aromatic heterocycles. The Morgan fingerprint density at radius 1 is 0.957 bits per heavy atom. The molecule has 0 bridgehead atoms. The van der Waals surface area contributed by atoms with Gasteiger partial charge >= 0.3 is 5.30 Å². The number of fused-ring (bicyclic) bond motifs is 1. The van der Waals surface area contributed by atoms with E-state index < -0.39 is 16.6 Å². The van der Waals surface area contributed by atoms with Gasteiger partial charge in [0, 0.05) is 17.5 Å². The standard InChI is InChI=1S/C40H62O4SSi2/c1-28-19-22-33(43-46(10,11)38(3,4)5)25-30(28)20-21-31-26-34(44-47(12,13)39(6,7)8)27-40(9)35(23-24-36(31)40)29(2)45-37(41)42-32-17-15-14-16-18-32/h14-18,20-21,23,29,33-34,36H,1,19,22,24-27H2,2-13H3/b30-20-,31-21+/t29?,33-,34?,36-,40+/m0/s1. The molecule has 1 aromatic rings. The Morgan fingerprint density at radius 3 is 2.15 bits per heavy atom.